The van der Waals surface area contributed by atoms with Crippen molar-refractivity contribution in [2.24, 2.45) is 11.8 Å². The summed E-state index contributed by atoms with van der Waals surface area (Å²) in [4.78, 5) is 25.4. The van der Waals surface area contributed by atoms with Crippen molar-refractivity contribution in [3.63, 3.8) is 0 Å². The molecule has 3 aliphatic rings. The van der Waals surface area contributed by atoms with Gasteiger partial charge in [-0.15, -0.1) is 0 Å². The summed E-state index contributed by atoms with van der Waals surface area (Å²) in [6.45, 7) is 3.75. The van der Waals surface area contributed by atoms with E-state index >= 15 is 0 Å². The fourth-order valence-electron chi connectivity index (χ4n) is 4.17. The first-order chi connectivity index (χ1) is 10.0. The van der Waals surface area contributed by atoms with Gasteiger partial charge in [-0.05, 0) is 44.4 Å². The third kappa shape index (κ3) is 2.73. The normalized spacial score (nSPS) is 38.5. The Morgan fingerprint density at radius 3 is 2.86 bits per heavy atom. The van der Waals surface area contributed by atoms with E-state index in [0.717, 1.165) is 38.7 Å². The number of likely N-dealkylation sites (tertiary alicyclic amines) is 1. The lowest BCUT2D eigenvalue weighted by atomic mass is 9.94. The van der Waals surface area contributed by atoms with Gasteiger partial charge in [0, 0.05) is 19.7 Å². The Labute approximate surface area is 124 Å². The van der Waals surface area contributed by atoms with Gasteiger partial charge >= 0.3 is 12.0 Å². The molecule has 6 nitrogen and oxygen atoms in total. The molecule has 1 saturated carbocycles. The Morgan fingerprint density at radius 1 is 1.38 bits per heavy atom. The molecule has 1 aliphatic carbocycles. The summed E-state index contributed by atoms with van der Waals surface area (Å²) in [5.74, 6) is -0.385. The first-order valence-electron chi connectivity index (χ1n) is 7.91. The van der Waals surface area contributed by atoms with Crippen LogP contribution in [0.25, 0.3) is 0 Å². The van der Waals surface area contributed by atoms with Crippen LogP contribution in [-0.2, 0) is 9.53 Å². The number of rotatable bonds is 3. The van der Waals surface area contributed by atoms with Crippen molar-refractivity contribution in [1.29, 1.82) is 0 Å². The van der Waals surface area contributed by atoms with E-state index in [1.807, 2.05) is 6.92 Å². The van der Waals surface area contributed by atoms with Crippen molar-refractivity contribution in [3.8, 4) is 0 Å². The molecule has 3 rings (SSSR count). The summed E-state index contributed by atoms with van der Waals surface area (Å²) in [7, 11) is 0. The number of carbonyl (C=O) groups is 2. The number of ether oxygens (including phenoxy) is 1. The third-order valence-electron chi connectivity index (χ3n) is 5.32. The zero-order valence-corrected chi connectivity index (χ0v) is 12.5. The van der Waals surface area contributed by atoms with Gasteiger partial charge in [0.1, 0.15) is 6.04 Å². The maximum atomic E-state index is 12.4. The summed E-state index contributed by atoms with van der Waals surface area (Å²) in [5.41, 5.74) is -0.302. The highest BCUT2D eigenvalue weighted by Crippen LogP contribution is 2.42. The molecule has 0 spiro atoms. The fraction of sp³-hybridized carbons (Fsp3) is 0.867. The minimum Gasteiger partial charge on any atom is -0.480 e. The lowest BCUT2D eigenvalue weighted by Gasteiger charge is -2.28. The second-order valence-corrected chi connectivity index (χ2v) is 6.85. The number of carboxylic acids is 1. The third-order valence-corrected chi connectivity index (χ3v) is 5.32. The van der Waals surface area contributed by atoms with Crippen molar-refractivity contribution in [3.05, 3.63) is 0 Å². The second kappa shape index (κ2) is 5.48. The van der Waals surface area contributed by atoms with E-state index in [9.17, 15) is 14.7 Å². The quantitative estimate of drug-likeness (QED) is 0.826. The molecule has 0 bridgehead atoms. The largest absolute Gasteiger partial charge is 0.480 e. The first kappa shape index (κ1) is 14.6. The number of carbonyl (C=O) groups excluding carboxylic acids is 1. The van der Waals surface area contributed by atoms with E-state index < -0.39 is 12.0 Å². The van der Waals surface area contributed by atoms with E-state index in [1.54, 1.807) is 0 Å². The van der Waals surface area contributed by atoms with Crippen LogP contribution in [0.5, 0.6) is 0 Å². The minimum absolute atomic E-state index is 0.131. The standard InChI is InChI=1S/C15H24N2O4/c1-15(6-3-7-21-15)9-16-14(20)17-8-10-4-2-5-11(10)12(17)13(18)19/h10-12H,2-9H2,1H3,(H,16,20)(H,18,19). The molecule has 3 fully saturated rings. The highest BCUT2D eigenvalue weighted by atomic mass is 16.5. The SMILES string of the molecule is CC1(CNC(=O)N2CC3CCCC3C2C(=O)O)CCCO1. The molecule has 0 aromatic heterocycles. The number of hydrogen-bond acceptors (Lipinski definition) is 3. The Morgan fingerprint density at radius 2 is 2.19 bits per heavy atom. The van der Waals surface area contributed by atoms with Crippen LogP contribution in [0.1, 0.15) is 39.0 Å². The maximum absolute atomic E-state index is 12.4. The summed E-state index contributed by atoms with van der Waals surface area (Å²) >= 11 is 0. The molecule has 118 valence electrons. The minimum atomic E-state index is -0.872. The van der Waals surface area contributed by atoms with Crippen molar-refractivity contribution >= 4 is 12.0 Å². The number of nitrogens with zero attached hydrogens (tertiary/aromatic N) is 1. The molecule has 21 heavy (non-hydrogen) atoms. The molecular formula is C15H24N2O4. The van der Waals surface area contributed by atoms with Crippen LogP contribution in [-0.4, -0.2) is 53.3 Å². The Balaban J connectivity index is 1.62. The smallest absolute Gasteiger partial charge is 0.326 e. The fourth-order valence-corrected chi connectivity index (χ4v) is 4.17. The van der Waals surface area contributed by atoms with Gasteiger partial charge in [0.2, 0.25) is 0 Å². The van der Waals surface area contributed by atoms with E-state index in [-0.39, 0.29) is 17.6 Å². The summed E-state index contributed by atoms with van der Waals surface area (Å²) < 4.78 is 5.65. The second-order valence-electron chi connectivity index (χ2n) is 6.85. The number of fused-ring (bicyclic) bond motifs is 1. The van der Waals surface area contributed by atoms with Gasteiger partial charge in [0.25, 0.3) is 0 Å². The number of carboxylic acid groups (broad SMARTS) is 1. The van der Waals surface area contributed by atoms with Crippen LogP contribution in [0.4, 0.5) is 4.79 Å². The van der Waals surface area contributed by atoms with Crippen LogP contribution in [0.15, 0.2) is 0 Å². The topological polar surface area (TPSA) is 78.9 Å². The zero-order chi connectivity index (χ0) is 15.0. The molecule has 6 heteroatoms. The molecular weight excluding hydrogens is 272 g/mol. The number of amides is 2. The number of aliphatic carboxylic acids is 1. The van der Waals surface area contributed by atoms with Crippen molar-refractivity contribution < 1.29 is 19.4 Å². The molecule has 0 radical (unpaired) electrons. The van der Waals surface area contributed by atoms with E-state index in [0.29, 0.717) is 19.0 Å². The van der Waals surface area contributed by atoms with Crippen LogP contribution >= 0.6 is 0 Å². The van der Waals surface area contributed by atoms with Crippen molar-refractivity contribution in [1.82, 2.24) is 10.2 Å². The van der Waals surface area contributed by atoms with Crippen molar-refractivity contribution in [2.75, 3.05) is 19.7 Å². The van der Waals surface area contributed by atoms with Gasteiger partial charge < -0.3 is 20.1 Å². The maximum Gasteiger partial charge on any atom is 0.326 e. The predicted molar refractivity (Wildman–Crippen MR) is 76.0 cm³/mol. The molecule has 2 saturated heterocycles. The molecule has 2 amide bonds. The van der Waals surface area contributed by atoms with Gasteiger partial charge in [0.15, 0.2) is 0 Å². The number of nitrogens with one attached hydrogen (secondary N) is 1. The van der Waals surface area contributed by atoms with Gasteiger partial charge in [-0.2, -0.15) is 0 Å². The Kier molecular flexibility index (Phi) is 3.82. The molecule has 4 atom stereocenters. The molecule has 2 aliphatic heterocycles. The predicted octanol–water partition coefficient (Wildman–Crippen LogP) is 1.45. The monoisotopic (exact) mass is 296 g/mol. The lowest BCUT2D eigenvalue weighted by Crippen LogP contribution is -2.51. The molecule has 4 unspecified atom stereocenters. The van der Waals surface area contributed by atoms with Crippen LogP contribution in [0, 0.1) is 11.8 Å². The summed E-state index contributed by atoms with van der Waals surface area (Å²) in [6.07, 6.45) is 4.99. The summed E-state index contributed by atoms with van der Waals surface area (Å²) in [6, 6.07) is -0.914. The lowest BCUT2D eigenvalue weighted by molar-refractivity contribution is -0.142. The highest BCUT2D eigenvalue weighted by Gasteiger charge is 2.49. The van der Waals surface area contributed by atoms with Crippen LogP contribution in [0.3, 0.4) is 0 Å². The molecule has 0 aromatic rings. The van der Waals surface area contributed by atoms with E-state index in [4.69, 9.17) is 4.74 Å². The zero-order valence-electron chi connectivity index (χ0n) is 12.5. The van der Waals surface area contributed by atoms with Gasteiger partial charge in [-0.3, -0.25) is 0 Å². The average Bonchev–Trinajstić information content (AvgIpc) is 3.10. The first-order valence-corrected chi connectivity index (χ1v) is 7.91. The molecule has 2 heterocycles. The molecule has 2 N–H and O–H groups in total. The molecule has 0 aromatic carbocycles. The van der Waals surface area contributed by atoms with Gasteiger partial charge in [-0.1, -0.05) is 6.42 Å². The van der Waals surface area contributed by atoms with E-state index in [2.05, 4.69) is 5.32 Å². The Bertz CT molecular complexity index is 433. The van der Waals surface area contributed by atoms with Crippen molar-refractivity contribution in [2.45, 2.75) is 50.7 Å². The number of urea groups is 1. The summed E-state index contributed by atoms with van der Waals surface area (Å²) in [5, 5.41) is 12.3. The van der Waals surface area contributed by atoms with Gasteiger partial charge in [0.05, 0.1) is 5.60 Å². The van der Waals surface area contributed by atoms with Gasteiger partial charge in [-0.25, -0.2) is 9.59 Å². The average molecular weight is 296 g/mol. The van der Waals surface area contributed by atoms with Crippen LogP contribution < -0.4 is 5.32 Å². The number of hydrogen-bond donors (Lipinski definition) is 2. The highest BCUT2D eigenvalue weighted by molar-refractivity contribution is 5.83. The van der Waals surface area contributed by atoms with Crippen LogP contribution in [0.2, 0.25) is 0 Å². The van der Waals surface area contributed by atoms with E-state index in [1.165, 1.54) is 4.90 Å². The Hall–Kier alpha value is -1.30.